The second kappa shape index (κ2) is 6.67. The number of anilines is 1. The van der Waals surface area contributed by atoms with E-state index in [0.717, 1.165) is 25.1 Å². The van der Waals surface area contributed by atoms with Gasteiger partial charge in [-0.1, -0.05) is 5.16 Å². The highest BCUT2D eigenvalue weighted by Crippen LogP contribution is 2.34. The number of nitrogens with zero attached hydrogens (tertiary/aromatic N) is 6. The van der Waals surface area contributed by atoms with E-state index in [4.69, 9.17) is 9.26 Å². The molecule has 1 fully saturated rings. The van der Waals surface area contributed by atoms with E-state index in [1.807, 2.05) is 28.7 Å². The smallest absolute Gasteiger partial charge is 0.321 e. The number of nitrogens with one attached hydrogen (secondary N) is 1. The predicted octanol–water partition coefficient (Wildman–Crippen LogP) is 1.88. The zero-order valence-corrected chi connectivity index (χ0v) is 14.3. The van der Waals surface area contributed by atoms with Gasteiger partial charge in [0, 0.05) is 56.8 Å². The van der Waals surface area contributed by atoms with E-state index in [0.29, 0.717) is 30.1 Å². The van der Waals surface area contributed by atoms with Crippen molar-refractivity contribution < 1.29 is 9.26 Å². The third-order valence-corrected chi connectivity index (χ3v) is 4.48. The van der Waals surface area contributed by atoms with Crippen LogP contribution in [0.5, 0.6) is 0 Å². The Morgan fingerprint density at radius 1 is 1.40 bits per heavy atom. The number of rotatable bonds is 6. The molecule has 3 aromatic heterocycles. The van der Waals surface area contributed by atoms with Crippen molar-refractivity contribution >= 4 is 6.01 Å². The van der Waals surface area contributed by atoms with Gasteiger partial charge in [-0.25, -0.2) is 4.98 Å². The molecule has 25 heavy (non-hydrogen) atoms. The van der Waals surface area contributed by atoms with Gasteiger partial charge in [0.15, 0.2) is 5.82 Å². The topological polar surface area (TPSA) is 95.8 Å². The Hall–Kier alpha value is -2.68. The van der Waals surface area contributed by atoms with Crippen molar-refractivity contribution in [3.8, 4) is 11.6 Å². The van der Waals surface area contributed by atoms with E-state index in [9.17, 15) is 0 Å². The average Bonchev–Trinajstić information content (AvgIpc) is 3.38. The molecule has 0 aromatic carbocycles. The molecule has 132 valence electrons. The van der Waals surface area contributed by atoms with Crippen molar-refractivity contribution in [2.75, 3.05) is 18.5 Å². The summed E-state index contributed by atoms with van der Waals surface area (Å²) in [6, 6.07) is 0.396. The molecule has 0 bridgehead atoms. The number of imidazole rings is 1. The predicted molar refractivity (Wildman–Crippen MR) is 89.7 cm³/mol. The minimum atomic E-state index is 0.0460. The Balaban J connectivity index is 1.41. The lowest BCUT2D eigenvalue weighted by Crippen LogP contribution is -2.17. The van der Waals surface area contributed by atoms with Crippen molar-refractivity contribution in [1.29, 1.82) is 0 Å². The van der Waals surface area contributed by atoms with Gasteiger partial charge in [0.25, 0.3) is 0 Å². The summed E-state index contributed by atoms with van der Waals surface area (Å²) in [5, 5.41) is 11.5. The molecule has 0 radical (unpaired) electrons. The maximum atomic E-state index is 5.90. The molecule has 2 atom stereocenters. The summed E-state index contributed by atoms with van der Waals surface area (Å²) in [5.41, 5.74) is 1.12. The summed E-state index contributed by atoms with van der Waals surface area (Å²) in [5.74, 6) is 1.47. The van der Waals surface area contributed by atoms with Crippen LogP contribution in [0.2, 0.25) is 0 Å². The van der Waals surface area contributed by atoms with Gasteiger partial charge in [-0.05, 0) is 13.3 Å². The molecule has 0 spiro atoms. The quantitative estimate of drug-likeness (QED) is 0.730. The maximum absolute atomic E-state index is 5.90. The molecular formula is C16H21N7O2. The van der Waals surface area contributed by atoms with Crippen molar-refractivity contribution in [2.24, 2.45) is 13.0 Å². The zero-order valence-electron chi connectivity index (χ0n) is 14.3. The van der Waals surface area contributed by atoms with Crippen LogP contribution in [0.4, 0.5) is 6.01 Å². The second-order valence-corrected chi connectivity index (χ2v) is 6.14. The van der Waals surface area contributed by atoms with Gasteiger partial charge in [0.1, 0.15) is 0 Å². The van der Waals surface area contributed by atoms with Crippen molar-refractivity contribution in [3.05, 3.63) is 30.4 Å². The van der Waals surface area contributed by atoms with Crippen molar-refractivity contribution in [2.45, 2.75) is 26.0 Å². The minimum Gasteiger partial charge on any atom is -0.373 e. The summed E-state index contributed by atoms with van der Waals surface area (Å²) < 4.78 is 15.0. The van der Waals surface area contributed by atoms with Crippen LogP contribution >= 0.6 is 0 Å². The highest BCUT2D eigenvalue weighted by atomic mass is 16.5. The molecule has 3 aromatic rings. The molecule has 4 rings (SSSR count). The first kappa shape index (κ1) is 15.8. The summed E-state index contributed by atoms with van der Waals surface area (Å²) >= 11 is 0. The first-order chi connectivity index (χ1) is 12.2. The van der Waals surface area contributed by atoms with E-state index in [2.05, 4.69) is 38.7 Å². The van der Waals surface area contributed by atoms with Crippen LogP contribution in [0.25, 0.3) is 11.6 Å². The van der Waals surface area contributed by atoms with E-state index in [-0.39, 0.29) is 6.10 Å². The number of aryl methyl sites for hydroxylation is 2. The van der Waals surface area contributed by atoms with Gasteiger partial charge in [0.2, 0.25) is 5.82 Å². The van der Waals surface area contributed by atoms with Gasteiger partial charge in [-0.15, -0.1) is 0 Å². The fourth-order valence-electron chi connectivity index (χ4n) is 3.10. The van der Waals surface area contributed by atoms with Gasteiger partial charge < -0.3 is 19.1 Å². The van der Waals surface area contributed by atoms with Gasteiger partial charge in [-0.3, -0.25) is 4.68 Å². The lowest BCUT2D eigenvalue weighted by atomic mass is 9.97. The third-order valence-electron chi connectivity index (χ3n) is 4.48. The molecule has 0 unspecified atom stereocenters. The number of hydrogen-bond donors (Lipinski definition) is 1. The van der Waals surface area contributed by atoms with Crippen LogP contribution in [0.15, 0.2) is 29.3 Å². The Bertz CT molecular complexity index is 837. The maximum Gasteiger partial charge on any atom is 0.321 e. The molecule has 0 amide bonds. The Kier molecular flexibility index (Phi) is 4.22. The molecule has 9 heteroatoms. The summed E-state index contributed by atoms with van der Waals surface area (Å²) in [6.45, 7) is 4.37. The molecule has 4 heterocycles. The van der Waals surface area contributed by atoms with Gasteiger partial charge >= 0.3 is 6.01 Å². The minimum absolute atomic E-state index is 0.0460. The SMILES string of the molecule is CCn1cc([C@@H]2OCC[C@H]2CNc2nc(-c3nccn3C)no2)cn1. The van der Waals surface area contributed by atoms with E-state index >= 15 is 0 Å². The fraction of sp³-hybridized carbons (Fsp3) is 0.500. The molecule has 0 saturated carbocycles. The lowest BCUT2D eigenvalue weighted by molar-refractivity contribution is 0.0931. The molecule has 1 aliphatic rings. The fourth-order valence-corrected chi connectivity index (χ4v) is 3.10. The Labute approximate surface area is 145 Å². The molecule has 1 aliphatic heterocycles. The third kappa shape index (κ3) is 3.14. The number of hydrogen-bond acceptors (Lipinski definition) is 7. The largest absolute Gasteiger partial charge is 0.373 e. The summed E-state index contributed by atoms with van der Waals surface area (Å²) in [4.78, 5) is 8.58. The average molecular weight is 343 g/mol. The normalized spacial score (nSPS) is 20.2. The molecule has 1 saturated heterocycles. The van der Waals surface area contributed by atoms with Crippen LogP contribution in [0.3, 0.4) is 0 Å². The van der Waals surface area contributed by atoms with Crippen molar-refractivity contribution in [1.82, 2.24) is 29.5 Å². The van der Waals surface area contributed by atoms with Crippen molar-refractivity contribution in [3.63, 3.8) is 0 Å². The van der Waals surface area contributed by atoms with Crippen LogP contribution < -0.4 is 5.32 Å². The van der Waals surface area contributed by atoms with Gasteiger partial charge in [-0.2, -0.15) is 10.1 Å². The second-order valence-electron chi connectivity index (χ2n) is 6.14. The van der Waals surface area contributed by atoms with Crippen LogP contribution in [0, 0.1) is 5.92 Å². The zero-order chi connectivity index (χ0) is 17.2. The van der Waals surface area contributed by atoms with E-state index < -0.39 is 0 Å². The molecule has 9 nitrogen and oxygen atoms in total. The lowest BCUT2D eigenvalue weighted by Gasteiger charge is -2.16. The standard InChI is InChI=1S/C16H21N7O2/c1-3-23-10-12(9-19-23)13-11(4-7-24-13)8-18-16-20-14(21-25-16)15-17-5-6-22(15)2/h5-6,9-11,13H,3-4,7-8H2,1-2H3,(H,18,20,21)/t11-,13+/m0/s1. The molecule has 0 aliphatic carbocycles. The highest BCUT2D eigenvalue weighted by Gasteiger charge is 2.31. The molecular weight excluding hydrogens is 322 g/mol. The van der Waals surface area contributed by atoms with Crippen LogP contribution in [0.1, 0.15) is 25.0 Å². The first-order valence-electron chi connectivity index (χ1n) is 8.44. The Morgan fingerprint density at radius 3 is 3.08 bits per heavy atom. The number of aromatic nitrogens is 6. The molecule has 1 N–H and O–H groups in total. The summed E-state index contributed by atoms with van der Waals surface area (Å²) in [6.07, 6.45) is 8.51. The van der Waals surface area contributed by atoms with E-state index in [1.54, 1.807) is 6.20 Å². The monoisotopic (exact) mass is 343 g/mol. The van der Waals surface area contributed by atoms with Gasteiger partial charge in [0.05, 0.1) is 12.3 Å². The van der Waals surface area contributed by atoms with Crippen LogP contribution in [-0.2, 0) is 18.3 Å². The van der Waals surface area contributed by atoms with Crippen LogP contribution in [-0.4, -0.2) is 42.6 Å². The number of ether oxygens (including phenoxy) is 1. The Morgan fingerprint density at radius 2 is 2.32 bits per heavy atom. The summed E-state index contributed by atoms with van der Waals surface area (Å²) in [7, 11) is 1.89. The van der Waals surface area contributed by atoms with E-state index in [1.165, 1.54) is 0 Å². The highest BCUT2D eigenvalue weighted by molar-refractivity contribution is 5.44. The first-order valence-corrected chi connectivity index (χ1v) is 8.44.